The first-order chi connectivity index (χ1) is 30.8. The highest BCUT2D eigenvalue weighted by Gasteiger charge is 2.52. The summed E-state index contributed by atoms with van der Waals surface area (Å²) in [5, 5.41) is 0. The fourth-order valence-electron chi connectivity index (χ4n) is 10.4. The van der Waals surface area contributed by atoms with Gasteiger partial charge in [-0.1, -0.05) is 218 Å². The minimum atomic E-state index is -0.500. The SMILES string of the molecule is c1ccc(-c2ccc(N(c3cccc(-c4ccccc4)c3)c3cc(-c4ccccc4)ccc3-c3cccc4c3C3(c5ccccc5-c5ccccc53)c3ccccc3-4)cc2)cc1. The van der Waals surface area contributed by atoms with Crippen LogP contribution in [0.3, 0.4) is 0 Å². The number of hydrogen-bond acceptors (Lipinski definition) is 1. The van der Waals surface area contributed by atoms with Crippen molar-refractivity contribution in [2.45, 2.75) is 5.41 Å². The van der Waals surface area contributed by atoms with Crippen molar-refractivity contribution in [1.82, 2.24) is 0 Å². The lowest BCUT2D eigenvalue weighted by molar-refractivity contribution is 0.796. The van der Waals surface area contributed by atoms with Gasteiger partial charge in [0.05, 0.1) is 11.1 Å². The Morgan fingerprint density at radius 2 is 0.629 bits per heavy atom. The Morgan fingerprint density at radius 1 is 0.242 bits per heavy atom. The third-order valence-electron chi connectivity index (χ3n) is 13.1. The summed E-state index contributed by atoms with van der Waals surface area (Å²) in [6.07, 6.45) is 0. The zero-order chi connectivity index (χ0) is 41.0. The van der Waals surface area contributed by atoms with Gasteiger partial charge in [0.25, 0.3) is 0 Å². The molecule has 1 nitrogen and oxygen atoms in total. The molecule has 0 atom stereocenters. The van der Waals surface area contributed by atoms with Gasteiger partial charge in [0.15, 0.2) is 0 Å². The van der Waals surface area contributed by atoms with Gasteiger partial charge in [-0.2, -0.15) is 0 Å². The highest BCUT2D eigenvalue weighted by atomic mass is 15.1. The quantitative estimate of drug-likeness (QED) is 0.155. The lowest BCUT2D eigenvalue weighted by Crippen LogP contribution is -2.26. The monoisotopic (exact) mass is 787 g/mol. The van der Waals surface area contributed by atoms with Crippen LogP contribution >= 0.6 is 0 Å². The van der Waals surface area contributed by atoms with Gasteiger partial charge in [0.1, 0.15) is 0 Å². The third kappa shape index (κ3) is 5.56. The second-order valence-electron chi connectivity index (χ2n) is 16.4. The Hall–Kier alpha value is -8.00. The van der Waals surface area contributed by atoms with Crippen LogP contribution < -0.4 is 4.90 Å². The van der Waals surface area contributed by atoms with Crippen molar-refractivity contribution < 1.29 is 0 Å². The van der Waals surface area contributed by atoms with Crippen molar-refractivity contribution in [3.05, 3.63) is 271 Å². The summed E-state index contributed by atoms with van der Waals surface area (Å²) in [5.74, 6) is 0. The summed E-state index contributed by atoms with van der Waals surface area (Å²) in [6.45, 7) is 0. The predicted octanol–water partition coefficient (Wildman–Crippen LogP) is 16.2. The third-order valence-corrected chi connectivity index (χ3v) is 13.1. The molecule has 0 aliphatic heterocycles. The van der Waals surface area contributed by atoms with E-state index in [2.05, 4.69) is 254 Å². The van der Waals surface area contributed by atoms with Crippen LogP contribution in [0.15, 0.2) is 249 Å². The van der Waals surface area contributed by atoms with E-state index < -0.39 is 5.41 Å². The lowest BCUT2D eigenvalue weighted by atomic mass is 9.68. The lowest BCUT2D eigenvalue weighted by Gasteiger charge is -2.34. The Balaban J connectivity index is 1.16. The number of benzene rings is 10. The molecule has 0 N–H and O–H groups in total. The number of anilines is 3. The molecule has 0 bridgehead atoms. The summed E-state index contributed by atoms with van der Waals surface area (Å²) in [5.41, 5.74) is 22.8. The van der Waals surface area contributed by atoms with E-state index in [1.54, 1.807) is 0 Å². The molecule has 0 aromatic heterocycles. The molecule has 0 unspecified atom stereocenters. The van der Waals surface area contributed by atoms with Crippen LogP contribution in [0.4, 0.5) is 17.1 Å². The maximum atomic E-state index is 2.48. The zero-order valence-electron chi connectivity index (χ0n) is 34.1. The van der Waals surface area contributed by atoms with E-state index in [-0.39, 0.29) is 0 Å². The Bertz CT molecular complexity index is 3210. The molecule has 10 aromatic rings. The molecule has 0 heterocycles. The second-order valence-corrected chi connectivity index (χ2v) is 16.4. The van der Waals surface area contributed by atoms with E-state index in [4.69, 9.17) is 0 Å². The molecule has 2 aliphatic carbocycles. The van der Waals surface area contributed by atoms with Crippen LogP contribution in [-0.4, -0.2) is 0 Å². The zero-order valence-corrected chi connectivity index (χ0v) is 34.1. The van der Waals surface area contributed by atoms with Gasteiger partial charge in [-0.25, -0.2) is 0 Å². The maximum Gasteiger partial charge on any atom is 0.0731 e. The summed E-state index contributed by atoms with van der Waals surface area (Å²) >= 11 is 0. The van der Waals surface area contributed by atoms with Gasteiger partial charge in [-0.15, -0.1) is 0 Å². The van der Waals surface area contributed by atoms with Crippen LogP contribution in [-0.2, 0) is 5.41 Å². The van der Waals surface area contributed by atoms with Crippen molar-refractivity contribution in [2.24, 2.45) is 0 Å². The van der Waals surface area contributed by atoms with Crippen molar-refractivity contribution in [2.75, 3.05) is 4.90 Å². The number of hydrogen-bond donors (Lipinski definition) is 0. The first-order valence-corrected chi connectivity index (χ1v) is 21.5. The van der Waals surface area contributed by atoms with Gasteiger partial charge in [-0.3, -0.25) is 0 Å². The molecule has 0 saturated carbocycles. The number of fused-ring (bicyclic) bond motifs is 10. The molecule has 12 rings (SSSR count). The Labute approximate surface area is 363 Å². The molecule has 290 valence electrons. The largest absolute Gasteiger partial charge is 0.310 e. The highest BCUT2D eigenvalue weighted by molar-refractivity contribution is 6.01. The fraction of sp³-hybridized carbons (Fsp3) is 0.0164. The van der Waals surface area contributed by atoms with Gasteiger partial charge in [0.2, 0.25) is 0 Å². The summed E-state index contributed by atoms with van der Waals surface area (Å²) < 4.78 is 0. The van der Waals surface area contributed by atoms with Gasteiger partial charge in [-0.05, 0) is 114 Å². The van der Waals surface area contributed by atoms with Crippen molar-refractivity contribution in [1.29, 1.82) is 0 Å². The molecule has 0 amide bonds. The van der Waals surface area contributed by atoms with E-state index in [1.165, 1.54) is 83.5 Å². The van der Waals surface area contributed by atoms with Crippen molar-refractivity contribution in [3.63, 3.8) is 0 Å². The molecule has 1 spiro atoms. The first-order valence-electron chi connectivity index (χ1n) is 21.5. The van der Waals surface area contributed by atoms with Crippen LogP contribution in [0, 0.1) is 0 Å². The Kier molecular flexibility index (Phi) is 8.47. The minimum absolute atomic E-state index is 0.500. The summed E-state index contributed by atoms with van der Waals surface area (Å²) in [4.78, 5) is 2.48. The Morgan fingerprint density at radius 3 is 1.19 bits per heavy atom. The van der Waals surface area contributed by atoms with E-state index in [1.807, 2.05) is 0 Å². The molecule has 0 radical (unpaired) electrons. The molecule has 0 fully saturated rings. The second kappa shape index (κ2) is 14.6. The molecule has 1 heteroatoms. The maximum absolute atomic E-state index is 2.48. The van der Waals surface area contributed by atoms with E-state index in [0.29, 0.717) is 0 Å². The van der Waals surface area contributed by atoms with E-state index in [0.717, 1.165) is 22.6 Å². The van der Waals surface area contributed by atoms with Crippen LogP contribution in [0.5, 0.6) is 0 Å². The normalized spacial score (nSPS) is 12.6. The van der Waals surface area contributed by atoms with Crippen molar-refractivity contribution >= 4 is 17.1 Å². The van der Waals surface area contributed by atoms with E-state index >= 15 is 0 Å². The summed E-state index contributed by atoms with van der Waals surface area (Å²) in [7, 11) is 0. The van der Waals surface area contributed by atoms with Crippen molar-refractivity contribution in [3.8, 4) is 66.8 Å². The standard InChI is InChI=1S/C61H41N/c1-4-18-42(19-5-1)45-34-37-48(38-35-45)62(49-25-16-24-46(40-49)43-20-6-2-7-21-43)59-41-47(44-22-8-3-9-23-44)36-39-53(59)55-30-17-29-54-52-28-12-15-33-58(52)61(60(54)55)56-31-13-10-26-50(56)51-27-11-14-32-57(51)61/h1-41H. The van der Waals surface area contributed by atoms with Crippen LogP contribution in [0.25, 0.3) is 66.8 Å². The molecule has 2 aliphatic rings. The molecular weight excluding hydrogens is 747 g/mol. The highest BCUT2D eigenvalue weighted by Crippen LogP contribution is 2.65. The molecular formula is C61H41N. The smallest absolute Gasteiger partial charge is 0.0731 e. The summed E-state index contributed by atoms with van der Waals surface area (Å²) in [6, 6.07) is 91.6. The number of nitrogens with zero attached hydrogens (tertiary/aromatic N) is 1. The van der Waals surface area contributed by atoms with Gasteiger partial charge in [0, 0.05) is 16.9 Å². The van der Waals surface area contributed by atoms with E-state index in [9.17, 15) is 0 Å². The first kappa shape index (κ1) is 35.9. The molecule has 10 aromatic carbocycles. The average molecular weight is 788 g/mol. The molecule has 0 saturated heterocycles. The topological polar surface area (TPSA) is 3.24 Å². The van der Waals surface area contributed by atoms with Gasteiger partial charge >= 0.3 is 0 Å². The minimum Gasteiger partial charge on any atom is -0.310 e. The average Bonchev–Trinajstić information content (AvgIpc) is 3.83. The fourth-order valence-corrected chi connectivity index (χ4v) is 10.4. The van der Waals surface area contributed by atoms with Gasteiger partial charge < -0.3 is 4.90 Å². The number of rotatable bonds is 7. The van der Waals surface area contributed by atoms with Crippen LogP contribution in [0.2, 0.25) is 0 Å². The predicted molar refractivity (Wildman–Crippen MR) is 259 cm³/mol. The van der Waals surface area contributed by atoms with Crippen LogP contribution in [0.1, 0.15) is 22.3 Å². The molecule has 62 heavy (non-hydrogen) atoms.